The van der Waals surface area contributed by atoms with E-state index in [1.165, 1.54) is 0 Å². The van der Waals surface area contributed by atoms with E-state index in [9.17, 15) is 14.9 Å². The van der Waals surface area contributed by atoms with Gasteiger partial charge in [-0.15, -0.1) is 0 Å². The van der Waals surface area contributed by atoms with Crippen molar-refractivity contribution in [2.24, 2.45) is 5.84 Å². The highest BCUT2D eigenvalue weighted by Crippen LogP contribution is 2.27. The van der Waals surface area contributed by atoms with Crippen LogP contribution in [-0.4, -0.2) is 32.9 Å². The summed E-state index contributed by atoms with van der Waals surface area (Å²) in [4.78, 5) is 29.3. The molecule has 0 aliphatic carbocycles. The first-order valence-corrected chi connectivity index (χ1v) is 5.75. The van der Waals surface area contributed by atoms with Gasteiger partial charge in [0.2, 0.25) is 17.5 Å². The minimum absolute atomic E-state index is 0.0815. The molecule has 0 aliphatic rings. The molecule has 0 saturated carbocycles. The maximum Gasteiger partial charge on any atom is 0.354 e. The number of amides is 1. The number of carbonyl (C=O) groups excluding carboxylic acids is 1. The van der Waals surface area contributed by atoms with Crippen LogP contribution in [0.1, 0.15) is 20.8 Å². The number of nitro groups is 1. The van der Waals surface area contributed by atoms with Crippen molar-refractivity contribution in [3.05, 3.63) is 16.4 Å². The predicted octanol–water partition coefficient (Wildman–Crippen LogP) is -0.00300. The average Bonchev–Trinajstić information content (AvgIpc) is 2.33. The van der Waals surface area contributed by atoms with Gasteiger partial charge in [0.15, 0.2) is 0 Å². The summed E-state index contributed by atoms with van der Waals surface area (Å²) in [6, 6.07) is 0. The Morgan fingerprint density at radius 2 is 2.00 bits per heavy atom. The molecule has 0 atom stereocenters. The fourth-order valence-electron chi connectivity index (χ4n) is 1.41. The van der Waals surface area contributed by atoms with E-state index < -0.39 is 10.6 Å². The molecule has 110 valence electrons. The summed E-state index contributed by atoms with van der Waals surface area (Å²) in [5, 5.41) is 16.3. The molecule has 0 aliphatic heterocycles. The number of anilines is 2. The highest BCUT2D eigenvalue weighted by atomic mass is 16.6. The van der Waals surface area contributed by atoms with Crippen LogP contribution in [-0.2, 0) is 4.79 Å². The van der Waals surface area contributed by atoms with E-state index in [2.05, 4.69) is 26.0 Å². The Labute approximate surface area is 115 Å². The van der Waals surface area contributed by atoms with Crippen molar-refractivity contribution in [3.8, 4) is 0 Å². The smallest absolute Gasteiger partial charge is 0.354 e. The van der Waals surface area contributed by atoms with Gasteiger partial charge in [0.05, 0.1) is 11.5 Å². The van der Waals surface area contributed by atoms with E-state index in [1.54, 1.807) is 0 Å². The van der Waals surface area contributed by atoms with Crippen molar-refractivity contribution in [1.29, 1.82) is 0 Å². The number of nitrogens with one attached hydrogen (secondary N) is 3. The number of hydrazine groups is 1. The maximum absolute atomic E-state index is 11.6. The number of aromatic nitrogens is 2. The van der Waals surface area contributed by atoms with Crippen molar-refractivity contribution in [2.75, 3.05) is 17.3 Å². The summed E-state index contributed by atoms with van der Waals surface area (Å²) in [7, 11) is 0. The van der Waals surface area contributed by atoms with Crippen LogP contribution in [0.3, 0.4) is 0 Å². The van der Waals surface area contributed by atoms with E-state index in [0.29, 0.717) is 0 Å². The maximum atomic E-state index is 11.6. The highest BCUT2D eigenvalue weighted by molar-refractivity contribution is 5.82. The summed E-state index contributed by atoms with van der Waals surface area (Å²) in [6.45, 7) is 5.33. The summed E-state index contributed by atoms with van der Waals surface area (Å²) >= 11 is 0. The number of nitrogens with zero attached hydrogens (tertiary/aromatic N) is 3. The molecule has 10 nitrogen and oxygen atoms in total. The molecule has 5 N–H and O–H groups in total. The number of hydrogen-bond acceptors (Lipinski definition) is 8. The standard InChI is InChI=1S/C10H17N7O3/c1-10(2,3)15-6(18)4-12-8-7(17(19)20)9(16-11)14-5-13-8/h5H,4,11H2,1-3H3,(H,15,18)(H2,12,13,14,16). The lowest BCUT2D eigenvalue weighted by atomic mass is 10.1. The highest BCUT2D eigenvalue weighted by Gasteiger charge is 2.23. The Kier molecular flexibility index (Phi) is 4.75. The molecular weight excluding hydrogens is 266 g/mol. The van der Waals surface area contributed by atoms with Gasteiger partial charge in [0, 0.05) is 5.54 Å². The predicted molar refractivity (Wildman–Crippen MR) is 72.9 cm³/mol. The van der Waals surface area contributed by atoms with Crippen LogP contribution in [0, 0.1) is 10.1 Å². The van der Waals surface area contributed by atoms with Gasteiger partial charge in [-0.3, -0.25) is 14.9 Å². The minimum atomic E-state index is -0.681. The van der Waals surface area contributed by atoms with E-state index in [1.807, 2.05) is 20.8 Å². The first kappa shape index (κ1) is 15.6. The van der Waals surface area contributed by atoms with Crippen LogP contribution in [0.4, 0.5) is 17.3 Å². The SMILES string of the molecule is CC(C)(C)NC(=O)CNc1ncnc(NN)c1[N+](=O)[O-]. The number of carbonyl (C=O) groups is 1. The second kappa shape index (κ2) is 6.10. The summed E-state index contributed by atoms with van der Waals surface area (Å²) in [5.74, 6) is 4.62. The summed E-state index contributed by atoms with van der Waals surface area (Å²) < 4.78 is 0. The van der Waals surface area contributed by atoms with E-state index >= 15 is 0 Å². The minimum Gasteiger partial charge on any atom is -0.355 e. The quantitative estimate of drug-likeness (QED) is 0.335. The van der Waals surface area contributed by atoms with Gasteiger partial charge in [0.1, 0.15) is 6.33 Å². The zero-order valence-electron chi connectivity index (χ0n) is 11.4. The lowest BCUT2D eigenvalue weighted by Crippen LogP contribution is -2.43. The number of nitrogens with two attached hydrogens (primary N) is 1. The van der Waals surface area contributed by atoms with Crippen molar-refractivity contribution >= 4 is 23.2 Å². The molecule has 1 amide bonds. The molecule has 20 heavy (non-hydrogen) atoms. The Balaban J connectivity index is 2.83. The Hall–Kier alpha value is -2.49. The van der Waals surface area contributed by atoms with Crippen molar-refractivity contribution < 1.29 is 9.72 Å². The molecule has 1 rings (SSSR count). The van der Waals surface area contributed by atoms with Gasteiger partial charge in [-0.25, -0.2) is 15.8 Å². The molecule has 0 saturated heterocycles. The third kappa shape index (κ3) is 4.31. The third-order valence-electron chi connectivity index (χ3n) is 2.07. The van der Waals surface area contributed by atoms with Crippen molar-refractivity contribution in [2.45, 2.75) is 26.3 Å². The normalized spacial score (nSPS) is 10.8. The number of nitrogen functional groups attached to an aromatic ring is 1. The molecule has 1 heterocycles. The molecule has 0 bridgehead atoms. The number of hydrogen-bond donors (Lipinski definition) is 4. The Morgan fingerprint density at radius 1 is 1.40 bits per heavy atom. The molecular formula is C10H17N7O3. The van der Waals surface area contributed by atoms with Crippen LogP contribution < -0.4 is 21.9 Å². The van der Waals surface area contributed by atoms with Crippen LogP contribution in [0.25, 0.3) is 0 Å². The first-order chi connectivity index (χ1) is 9.24. The van der Waals surface area contributed by atoms with Crippen LogP contribution in [0.5, 0.6) is 0 Å². The second-order valence-corrected chi connectivity index (χ2v) is 4.97. The van der Waals surface area contributed by atoms with Crippen LogP contribution in [0.15, 0.2) is 6.33 Å². The molecule has 1 aromatic rings. The molecule has 0 fully saturated rings. The Morgan fingerprint density at radius 3 is 2.50 bits per heavy atom. The fourth-order valence-corrected chi connectivity index (χ4v) is 1.41. The largest absolute Gasteiger partial charge is 0.355 e. The topological polar surface area (TPSA) is 148 Å². The molecule has 10 heteroatoms. The van der Waals surface area contributed by atoms with Gasteiger partial charge >= 0.3 is 5.69 Å². The van der Waals surface area contributed by atoms with E-state index in [4.69, 9.17) is 5.84 Å². The summed E-state index contributed by atoms with van der Waals surface area (Å²) in [6.07, 6.45) is 1.10. The molecule has 0 spiro atoms. The van der Waals surface area contributed by atoms with Gasteiger partial charge in [0.25, 0.3) is 0 Å². The lowest BCUT2D eigenvalue weighted by molar-refractivity contribution is -0.383. The molecule has 0 radical (unpaired) electrons. The van der Waals surface area contributed by atoms with Crippen molar-refractivity contribution in [3.63, 3.8) is 0 Å². The summed E-state index contributed by atoms with van der Waals surface area (Å²) in [5.41, 5.74) is 1.30. The lowest BCUT2D eigenvalue weighted by Gasteiger charge is -2.20. The molecule has 0 aromatic carbocycles. The van der Waals surface area contributed by atoms with Gasteiger partial charge in [-0.05, 0) is 20.8 Å². The van der Waals surface area contributed by atoms with Crippen molar-refractivity contribution in [1.82, 2.24) is 15.3 Å². The van der Waals surface area contributed by atoms with Gasteiger partial charge in [-0.2, -0.15) is 0 Å². The van der Waals surface area contributed by atoms with E-state index in [0.717, 1.165) is 6.33 Å². The van der Waals surface area contributed by atoms with Crippen LogP contribution >= 0.6 is 0 Å². The zero-order valence-corrected chi connectivity index (χ0v) is 11.4. The van der Waals surface area contributed by atoms with Crippen LogP contribution in [0.2, 0.25) is 0 Å². The molecule has 1 aromatic heterocycles. The Bertz CT molecular complexity index is 512. The number of rotatable bonds is 5. The monoisotopic (exact) mass is 283 g/mol. The third-order valence-corrected chi connectivity index (χ3v) is 2.07. The van der Waals surface area contributed by atoms with E-state index in [-0.39, 0.29) is 29.6 Å². The zero-order chi connectivity index (χ0) is 15.3. The average molecular weight is 283 g/mol. The second-order valence-electron chi connectivity index (χ2n) is 4.97. The van der Waals surface area contributed by atoms with Gasteiger partial charge in [-0.1, -0.05) is 0 Å². The fraction of sp³-hybridized carbons (Fsp3) is 0.500. The first-order valence-electron chi connectivity index (χ1n) is 5.75. The molecule has 0 unspecified atom stereocenters. The van der Waals surface area contributed by atoms with Gasteiger partial charge < -0.3 is 16.1 Å².